The van der Waals surface area contributed by atoms with E-state index in [1.807, 2.05) is 30.3 Å². The zero-order valence-electron chi connectivity index (χ0n) is 45.0. The zero-order valence-corrected chi connectivity index (χ0v) is 25.8. The van der Waals surface area contributed by atoms with Crippen molar-refractivity contribution in [3.05, 3.63) is 175 Å². The Morgan fingerprint density at radius 3 is 1.98 bits per heavy atom. The molecule has 0 aliphatic rings. The minimum Gasteiger partial charge on any atom is -0.455 e. The fourth-order valence-electron chi connectivity index (χ4n) is 5.96. The lowest BCUT2D eigenvalue weighted by Gasteiger charge is -2.26. The molecule has 2 aromatic heterocycles. The van der Waals surface area contributed by atoms with Crippen LogP contribution >= 0.6 is 11.3 Å². The minimum atomic E-state index is -0.865. The number of benzene rings is 8. The van der Waals surface area contributed by atoms with Gasteiger partial charge >= 0.3 is 0 Å². The molecule has 0 aliphatic carbocycles. The van der Waals surface area contributed by atoms with E-state index in [4.69, 9.17) is 19.5 Å². The van der Waals surface area contributed by atoms with E-state index in [1.165, 1.54) is 12.1 Å². The van der Waals surface area contributed by atoms with Crippen molar-refractivity contribution in [3.63, 3.8) is 0 Å². The first-order valence-electron chi connectivity index (χ1n) is 25.0. The van der Waals surface area contributed by atoms with Gasteiger partial charge in [-0.15, -0.1) is 11.3 Å². The van der Waals surface area contributed by atoms with Crippen LogP contribution in [0.15, 0.2) is 180 Å². The van der Waals surface area contributed by atoms with E-state index in [9.17, 15) is 12.3 Å². The second-order valence-electron chi connectivity index (χ2n) is 11.0. The standard InChI is InChI=1S/C46H29NOS/c1-2-9-30(10-3-1)31-17-23-35(24-18-31)47(41-14-8-15-42-45(41)40-28-21-33-11-4-5-12-37(33)46(40)48-42)36-25-19-32(20-26-36)34-22-27-39-38-13-6-7-16-43(38)49-44(39)29-34/h1-29H/i1D,2D,3D,6D,7D,9D,10D,13D,16D,17D,18D,19D,20D,22D,23D,24D,25D,26D,27D,29D. The lowest BCUT2D eigenvalue weighted by atomic mass is 10.0. The summed E-state index contributed by atoms with van der Waals surface area (Å²) in [7, 11) is 0. The third-order valence-electron chi connectivity index (χ3n) is 8.16. The van der Waals surface area contributed by atoms with E-state index in [1.54, 1.807) is 12.1 Å². The van der Waals surface area contributed by atoms with Gasteiger partial charge in [-0.3, -0.25) is 0 Å². The monoisotopic (exact) mass is 663 g/mol. The summed E-state index contributed by atoms with van der Waals surface area (Å²) < 4.78 is 185. The largest absolute Gasteiger partial charge is 0.455 e. The van der Waals surface area contributed by atoms with Crippen molar-refractivity contribution >= 4 is 81.3 Å². The van der Waals surface area contributed by atoms with Crippen molar-refractivity contribution in [2.75, 3.05) is 4.90 Å². The number of thiophene rings is 1. The molecule has 3 heteroatoms. The molecule has 2 heterocycles. The molecule has 10 aromatic rings. The molecule has 230 valence electrons. The van der Waals surface area contributed by atoms with Gasteiger partial charge in [0.05, 0.1) is 38.5 Å². The number of furan rings is 1. The van der Waals surface area contributed by atoms with Crippen molar-refractivity contribution in [2.45, 2.75) is 0 Å². The Labute approximate surface area is 315 Å². The van der Waals surface area contributed by atoms with Crippen LogP contribution in [0.2, 0.25) is 0 Å². The van der Waals surface area contributed by atoms with Gasteiger partial charge < -0.3 is 9.32 Å². The SMILES string of the molecule is [2H]c1c([2H])c([2H])c(-c2c([2H])c([2H])c(N(c3c([2H])c([2H])c(-c4c([2H])c([2H])c5c(sc6c([2H])c([2H])c([2H])c([2H])c65)c4[2H])c([2H])c3[2H])c3cccc4oc5c6ccccc6ccc5c34)c([2H])c2[2H])c([2H])c1[2H]. The van der Waals surface area contributed by atoms with E-state index < -0.39 is 154 Å². The van der Waals surface area contributed by atoms with Crippen LogP contribution in [0.1, 0.15) is 27.4 Å². The van der Waals surface area contributed by atoms with Crippen molar-refractivity contribution in [3.8, 4) is 22.3 Å². The molecule has 0 spiro atoms. The van der Waals surface area contributed by atoms with Crippen LogP contribution in [0.4, 0.5) is 17.1 Å². The van der Waals surface area contributed by atoms with Gasteiger partial charge in [-0.2, -0.15) is 0 Å². The molecule has 0 atom stereocenters. The molecule has 0 fully saturated rings. The maximum absolute atomic E-state index is 9.65. The predicted molar refractivity (Wildman–Crippen MR) is 210 cm³/mol. The zero-order chi connectivity index (χ0) is 49.7. The van der Waals surface area contributed by atoms with Crippen LogP contribution < -0.4 is 4.90 Å². The highest BCUT2D eigenvalue weighted by molar-refractivity contribution is 7.25. The van der Waals surface area contributed by atoms with Crippen LogP contribution in [-0.4, -0.2) is 0 Å². The fourth-order valence-corrected chi connectivity index (χ4v) is 6.93. The van der Waals surface area contributed by atoms with Crippen LogP contribution in [0, 0.1) is 0 Å². The highest BCUT2D eigenvalue weighted by atomic mass is 32.1. The van der Waals surface area contributed by atoms with E-state index in [0.717, 1.165) is 21.6 Å². The second-order valence-corrected chi connectivity index (χ2v) is 12.0. The molecule has 8 aromatic carbocycles. The van der Waals surface area contributed by atoms with E-state index in [0.29, 0.717) is 16.4 Å². The normalized spacial score (nSPS) is 17.4. The quantitative estimate of drug-likeness (QED) is 0.182. The van der Waals surface area contributed by atoms with Gasteiger partial charge in [0, 0.05) is 42.3 Å². The molecular weight excluding hydrogens is 615 g/mol. The molecule has 0 radical (unpaired) electrons. The molecule has 0 saturated heterocycles. The van der Waals surface area contributed by atoms with E-state index in [2.05, 4.69) is 0 Å². The number of rotatable bonds is 5. The smallest absolute Gasteiger partial charge is 0.143 e. The Hall–Kier alpha value is -6.16. The molecule has 10 rings (SSSR count). The Balaban J connectivity index is 1.31. The number of fused-ring (bicyclic) bond motifs is 8. The second kappa shape index (κ2) is 11.2. The first kappa shape index (κ1) is 14.5. The number of anilines is 3. The molecule has 2 nitrogen and oxygen atoms in total. The molecule has 49 heavy (non-hydrogen) atoms. The first-order valence-corrected chi connectivity index (χ1v) is 15.8. The number of hydrogen-bond donors (Lipinski definition) is 0. The summed E-state index contributed by atoms with van der Waals surface area (Å²) in [4.78, 5) is 1.01. The summed E-state index contributed by atoms with van der Waals surface area (Å²) in [6, 6.07) is 0.864. The average Bonchev–Trinajstić information content (AvgIpc) is 3.94. The van der Waals surface area contributed by atoms with Crippen LogP contribution in [-0.2, 0) is 0 Å². The Morgan fingerprint density at radius 1 is 0.490 bits per heavy atom. The summed E-state index contributed by atoms with van der Waals surface area (Å²) in [6.45, 7) is 0. The van der Waals surface area contributed by atoms with Gasteiger partial charge in [0.15, 0.2) is 0 Å². The predicted octanol–water partition coefficient (Wildman–Crippen LogP) is 13.9. The van der Waals surface area contributed by atoms with Gasteiger partial charge in [-0.05, 0) is 82.1 Å². The molecule has 0 saturated carbocycles. The van der Waals surface area contributed by atoms with Gasteiger partial charge in [-0.1, -0.05) is 121 Å². The summed E-state index contributed by atoms with van der Waals surface area (Å²) in [6.07, 6.45) is 0. The lowest BCUT2D eigenvalue weighted by molar-refractivity contribution is 0.672. The van der Waals surface area contributed by atoms with Crippen LogP contribution in [0.25, 0.3) is 75.1 Å². The third-order valence-corrected chi connectivity index (χ3v) is 9.18. The van der Waals surface area contributed by atoms with Crippen LogP contribution in [0.3, 0.4) is 0 Å². The average molecular weight is 664 g/mol. The number of hydrogen-bond acceptors (Lipinski definition) is 3. The molecule has 0 unspecified atom stereocenters. The summed E-state index contributed by atoms with van der Waals surface area (Å²) in [5, 5.41) is 2.07. The highest BCUT2D eigenvalue weighted by Crippen LogP contribution is 2.45. The maximum atomic E-state index is 9.65. The summed E-state index contributed by atoms with van der Waals surface area (Å²) in [5.41, 5.74) is -2.96. The molecule has 0 amide bonds. The van der Waals surface area contributed by atoms with Gasteiger partial charge in [0.2, 0.25) is 0 Å². The minimum absolute atomic E-state index is 0.00568. The van der Waals surface area contributed by atoms with Crippen molar-refractivity contribution in [2.24, 2.45) is 0 Å². The van der Waals surface area contributed by atoms with Gasteiger partial charge in [-0.25, -0.2) is 0 Å². The highest BCUT2D eigenvalue weighted by Gasteiger charge is 2.20. The molecule has 0 bridgehead atoms. The lowest BCUT2D eigenvalue weighted by Crippen LogP contribution is -2.10. The van der Waals surface area contributed by atoms with Crippen molar-refractivity contribution in [1.29, 1.82) is 0 Å². The Bertz CT molecular complexity index is 3910. The van der Waals surface area contributed by atoms with Crippen LogP contribution in [0.5, 0.6) is 0 Å². The first-order chi connectivity index (χ1) is 32.6. The Morgan fingerprint density at radius 2 is 1.16 bits per heavy atom. The third kappa shape index (κ3) is 4.62. The van der Waals surface area contributed by atoms with E-state index >= 15 is 0 Å². The van der Waals surface area contributed by atoms with Gasteiger partial charge in [0.1, 0.15) is 11.2 Å². The Kier molecular flexibility index (Phi) is 3.33. The molecule has 0 N–H and O–H groups in total. The maximum Gasteiger partial charge on any atom is 0.143 e. The topological polar surface area (TPSA) is 16.4 Å². The summed E-state index contributed by atoms with van der Waals surface area (Å²) >= 11 is 0.753. The summed E-state index contributed by atoms with van der Waals surface area (Å²) in [5.74, 6) is 0. The number of nitrogens with zero attached hydrogens (tertiary/aromatic N) is 1. The fraction of sp³-hybridized carbons (Fsp3) is 0. The van der Waals surface area contributed by atoms with Gasteiger partial charge in [0.25, 0.3) is 0 Å². The van der Waals surface area contributed by atoms with E-state index in [-0.39, 0.29) is 36.8 Å². The van der Waals surface area contributed by atoms with Crippen molar-refractivity contribution < 1.29 is 31.8 Å². The molecular formula is C46H29NOS. The van der Waals surface area contributed by atoms with Crippen molar-refractivity contribution in [1.82, 2.24) is 0 Å². The molecule has 0 aliphatic heterocycles.